The van der Waals surface area contributed by atoms with Crippen molar-refractivity contribution < 1.29 is 19.7 Å². The van der Waals surface area contributed by atoms with Crippen LogP contribution >= 0.6 is 0 Å². The molecule has 1 saturated carbocycles. The number of aromatic nitrogens is 1. The molecule has 0 bridgehead atoms. The number of fused-ring (bicyclic) bond motifs is 1. The first-order chi connectivity index (χ1) is 12.8. The van der Waals surface area contributed by atoms with E-state index in [0.29, 0.717) is 12.0 Å². The summed E-state index contributed by atoms with van der Waals surface area (Å²) in [6.45, 7) is 3.57. The van der Waals surface area contributed by atoms with Gasteiger partial charge in [-0.15, -0.1) is 0 Å². The molecule has 27 heavy (non-hydrogen) atoms. The number of aliphatic hydroxyl groups is 3. The largest absolute Gasteiger partial charge is 0.390 e. The molecule has 5 heteroatoms. The lowest BCUT2D eigenvalue weighted by atomic mass is 9.79. The zero-order chi connectivity index (χ0) is 19.3. The average Bonchev–Trinajstić information content (AvgIpc) is 3.19. The first-order valence-corrected chi connectivity index (χ1v) is 9.29. The smallest absolute Gasteiger partial charge is 0.123 e. The molecule has 2 aliphatic rings. The molecule has 0 radical (unpaired) electrons. The van der Waals surface area contributed by atoms with Crippen LogP contribution in [0.4, 0.5) is 4.39 Å². The minimum Gasteiger partial charge on any atom is -0.390 e. The van der Waals surface area contributed by atoms with Crippen molar-refractivity contribution >= 4 is 6.08 Å². The molecule has 1 aromatic heterocycles. The molecular weight excluding hydrogens is 345 g/mol. The number of hydrogen-bond acceptors (Lipinski definition) is 4. The fraction of sp³-hybridized carbons (Fsp3) is 0.409. The number of hydrogen-bond donors (Lipinski definition) is 3. The second-order valence-corrected chi connectivity index (χ2v) is 7.93. The molecule has 2 aliphatic carbocycles. The van der Waals surface area contributed by atoms with Gasteiger partial charge in [-0.25, -0.2) is 4.39 Å². The molecule has 1 aromatic carbocycles. The van der Waals surface area contributed by atoms with Crippen molar-refractivity contribution in [3.8, 4) is 0 Å². The lowest BCUT2D eigenvalue weighted by Gasteiger charge is -2.33. The fourth-order valence-corrected chi connectivity index (χ4v) is 4.77. The minimum atomic E-state index is -1.37. The van der Waals surface area contributed by atoms with Crippen LogP contribution in [0.25, 0.3) is 6.08 Å². The Balaban J connectivity index is 1.63. The number of aliphatic hydroxyl groups excluding tert-OH is 2. The number of halogens is 1. The number of benzene rings is 1. The van der Waals surface area contributed by atoms with E-state index in [1.54, 1.807) is 13.1 Å². The lowest BCUT2D eigenvalue weighted by molar-refractivity contribution is -0.0756. The van der Waals surface area contributed by atoms with Crippen molar-refractivity contribution in [2.75, 3.05) is 0 Å². The monoisotopic (exact) mass is 369 g/mol. The topological polar surface area (TPSA) is 73.6 Å². The summed E-state index contributed by atoms with van der Waals surface area (Å²) >= 11 is 0. The molecule has 1 heterocycles. The van der Waals surface area contributed by atoms with Gasteiger partial charge in [0, 0.05) is 23.7 Å². The predicted octanol–water partition coefficient (Wildman–Crippen LogP) is 2.91. The van der Waals surface area contributed by atoms with E-state index in [0.717, 1.165) is 16.8 Å². The average molecular weight is 369 g/mol. The number of aryl methyl sites for hydroxylation is 1. The highest BCUT2D eigenvalue weighted by Crippen LogP contribution is 2.50. The quantitative estimate of drug-likeness (QED) is 0.778. The second-order valence-electron chi connectivity index (χ2n) is 7.93. The van der Waals surface area contributed by atoms with Gasteiger partial charge in [-0.2, -0.15) is 0 Å². The predicted molar refractivity (Wildman–Crippen MR) is 100 cm³/mol. The summed E-state index contributed by atoms with van der Waals surface area (Å²) in [5, 5.41) is 32.6. The van der Waals surface area contributed by atoms with Crippen LogP contribution in [0.5, 0.6) is 0 Å². The third kappa shape index (κ3) is 2.90. The van der Waals surface area contributed by atoms with Gasteiger partial charge in [0.1, 0.15) is 5.82 Å². The van der Waals surface area contributed by atoms with Crippen molar-refractivity contribution in [1.82, 2.24) is 4.98 Å². The van der Waals surface area contributed by atoms with Crippen LogP contribution in [0.2, 0.25) is 0 Å². The molecule has 6 atom stereocenters. The van der Waals surface area contributed by atoms with Crippen molar-refractivity contribution in [3.05, 3.63) is 70.8 Å². The van der Waals surface area contributed by atoms with Gasteiger partial charge in [0.05, 0.1) is 17.8 Å². The molecule has 4 rings (SSSR count). The Morgan fingerprint density at radius 1 is 1.11 bits per heavy atom. The highest BCUT2D eigenvalue weighted by Gasteiger charge is 2.52. The summed E-state index contributed by atoms with van der Waals surface area (Å²) in [6.07, 6.45) is 4.29. The van der Waals surface area contributed by atoms with Crippen molar-refractivity contribution in [1.29, 1.82) is 0 Å². The van der Waals surface area contributed by atoms with Crippen LogP contribution in [-0.2, 0) is 5.60 Å². The van der Waals surface area contributed by atoms with Gasteiger partial charge < -0.3 is 15.3 Å². The van der Waals surface area contributed by atoms with Gasteiger partial charge in [-0.3, -0.25) is 4.98 Å². The first-order valence-electron chi connectivity index (χ1n) is 9.29. The number of rotatable bonds is 3. The van der Waals surface area contributed by atoms with E-state index >= 15 is 0 Å². The summed E-state index contributed by atoms with van der Waals surface area (Å²) in [7, 11) is 0. The zero-order valence-corrected chi connectivity index (χ0v) is 15.4. The Morgan fingerprint density at radius 2 is 1.81 bits per heavy atom. The van der Waals surface area contributed by atoms with Crippen molar-refractivity contribution in [2.45, 2.75) is 44.0 Å². The normalized spacial score (nSPS) is 31.7. The molecule has 4 nitrogen and oxygen atoms in total. The van der Waals surface area contributed by atoms with E-state index < -0.39 is 23.7 Å². The minimum absolute atomic E-state index is 0.0274. The van der Waals surface area contributed by atoms with E-state index in [-0.39, 0.29) is 17.7 Å². The Labute approximate surface area is 158 Å². The van der Waals surface area contributed by atoms with Gasteiger partial charge in [-0.1, -0.05) is 24.3 Å². The third-order valence-electron chi connectivity index (χ3n) is 6.39. The Hall–Kier alpha value is -2.08. The van der Waals surface area contributed by atoms with Crippen molar-refractivity contribution in [3.63, 3.8) is 0 Å². The summed E-state index contributed by atoms with van der Waals surface area (Å²) in [4.78, 5) is 4.31. The second kappa shape index (κ2) is 6.51. The highest BCUT2D eigenvalue weighted by molar-refractivity contribution is 5.64. The summed E-state index contributed by atoms with van der Waals surface area (Å²) < 4.78 is 13.2. The van der Waals surface area contributed by atoms with Crippen LogP contribution in [0.3, 0.4) is 0 Å². The van der Waals surface area contributed by atoms with E-state index in [1.807, 2.05) is 19.1 Å². The molecule has 0 amide bonds. The Kier molecular flexibility index (Phi) is 4.41. The summed E-state index contributed by atoms with van der Waals surface area (Å²) in [5.74, 6) is -1.17. The van der Waals surface area contributed by atoms with E-state index in [2.05, 4.69) is 11.1 Å². The SMILES string of the molecule is Cc1nccc2c1C=CC2[C@@H]1C[C@H](C(C)(O)c2ccc(F)cc2)[C@@H](O)[C@H]1O. The molecule has 0 spiro atoms. The van der Waals surface area contributed by atoms with Gasteiger partial charge >= 0.3 is 0 Å². The van der Waals surface area contributed by atoms with Gasteiger partial charge in [0.15, 0.2) is 0 Å². The molecule has 1 fully saturated rings. The molecule has 0 saturated heterocycles. The molecule has 142 valence electrons. The van der Waals surface area contributed by atoms with Gasteiger partial charge in [-0.05, 0) is 61.1 Å². The third-order valence-corrected chi connectivity index (χ3v) is 6.39. The van der Waals surface area contributed by atoms with Crippen LogP contribution in [-0.4, -0.2) is 32.5 Å². The standard InChI is InChI=1S/C22H24FNO3/c1-12-15-7-8-16(17(15)9-10-24-12)18-11-19(21(26)20(18)25)22(2,27)13-3-5-14(23)6-4-13/h3-10,16,18-21,25-27H,11H2,1-2H3/t16?,18-,19-,20-,21+,22?/m0/s1. The van der Waals surface area contributed by atoms with E-state index in [4.69, 9.17) is 0 Å². The zero-order valence-electron chi connectivity index (χ0n) is 15.4. The molecular formula is C22H24FNO3. The number of allylic oxidation sites excluding steroid dienone is 1. The molecule has 0 aliphatic heterocycles. The van der Waals surface area contributed by atoms with E-state index in [9.17, 15) is 19.7 Å². The lowest BCUT2D eigenvalue weighted by Crippen LogP contribution is -2.40. The van der Waals surface area contributed by atoms with Gasteiger partial charge in [0.2, 0.25) is 0 Å². The summed E-state index contributed by atoms with van der Waals surface area (Å²) in [6, 6.07) is 7.61. The molecule has 3 N–H and O–H groups in total. The highest BCUT2D eigenvalue weighted by atomic mass is 19.1. The Bertz CT molecular complexity index is 878. The fourth-order valence-electron chi connectivity index (χ4n) is 4.77. The molecule has 2 aromatic rings. The van der Waals surface area contributed by atoms with Crippen LogP contribution in [0.1, 0.15) is 41.6 Å². The van der Waals surface area contributed by atoms with Crippen LogP contribution < -0.4 is 0 Å². The Morgan fingerprint density at radius 3 is 2.52 bits per heavy atom. The van der Waals surface area contributed by atoms with Crippen LogP contribution in [0, 0.1) is 24.6 Å². The number of pyridine rings is 1. The van der Waals surface area contributed by atoms with Crippen molar-refractivity contribution in [2.24, 2.45) is 11.8 Å². The van der Waals surface area contributed by atoms with E-state index in [1.165, 1.54) is 24.3 Å². The summed E-state index contributed by atoms with van der Waals surface area (Å²) in [5.41, 5.74) is 2.26. The maximum absolute atomic E-state index is 13.2. The number of nitrogens with zero attached hydrogens (tertiary/aromatic N) is 1. The van der Waals surface area contributed by atoms with Gasteiger partial charge in [0.25, 0.3) is 0 Å². The molecule has 2 unspecified atom stereocenters. The van der Waals surface area contributed by atoms with Crippen LogP contribution in [0.15, 0.2) is 42.6 Å². The first kappa shape index (κ1) is 18.3. The maximum atomic E-state index is 13.2. The maximum Gasteiger partial charge on any atom is 0.123 e.